The van der Waals surface area contributed by atoms with Gasteiger partial charge in [0.15, 0.2) is 0 Å². The van der Waals surface area contributed by atoms with Crippen LogP contribution < -0.4 is 0 Å². The third-order valence-corrected chi connectivity index (χ3v) is 2.24. The van der Waals surface area contributed by atoms with Gasteiger partial charge in [-0.05, 0) is 0 Å². The molecule has 1 aliphatic rings. The molecular weight excluding hydrogens is 242 g/mol. The van der Waals surface area contributed by atoms with Crippen LogP contribution in [0.5, 0.6) is 0 Å². The van der Waals surface area contributed by atoms with Crippen molar-refractivity contribution in [3.05, 3.63) is 0 Å². The van der Waals surface area contributed by atoms with E-state index in [0.29, 0.717) is 11.9 Å². The Bertz CT molecular complexity index is 189. The summed E-state index contributed by atoms with van der Waals surface area (Å²) in [5.74, 6) is 0. The van der Waals surface area contributed by atoms with Crippen molar-refractivity contribution in [2.75, 3.05) is 25.0 Å². The van der Waals surface area contributed by atoms with Gasteiger partial charge in [-0.2, -0.15) is 0 Å². The van der Waals surface area contributed by atoms with E-state index in [1.54, 1.807) is 0 Å². The first-order valence-electron chi connectivity index (χ1n) is 3.98. The van der Waals surface area contributed by atoms with E-state index >= 15 is 0 Å². The van der Waals surface area contributed by atoms with Crippen LogP contribution in [0.15, 0.2) is 0 Å². The summed E-state index contributed by atoms with van der Waals surface area (Å²) >= 11 is 3.18. The smallest absolute Gasteiger partial charge is 0.407 e. The molecule has 0 spiro atoms. The van der Waals surface area contributed by atoms with E-state index < -0.39 is 12.2 Å². The van der Waals surface area contributed by atoms with Gasteiger partial charge in [-0.15, -0.1) is 0 Å². The number of halogens is 1. The van der Waals surface area contributed by atoms with E-state index in [1.807, 2.05) is 0 Å². The third kappa shape index (κ3) is 2.82. The highest BCUT2D eigenvalue weighted by Gasteiger charge is 2.34. The van der Waals surface area contributed by atoms with Crippen LogP contribution in [-0.2, 0) is 4.74 Å². The SMILES string of the molecule is O=C(O)N1CC(O)C(OCCBr)C1. The Kier molecular flexibility index (Phi) is 3.95. The van der Waals surface area contributed by atoms with E-state index in [1.165, 1.54) is 0 Å². The van der Waals surface area contributed by atoms with Crippen LogP contribution >= 0.6 is 15.9 Å². The highest BCUT2D eigenvalue weighted by atomic mass is 79.9. The first-order chi connectivity index (χ1) is 6.15. The second-order valence-corrected chi connectivity index (χ2v) is 3.65. The molecule has 1 heterocycles. The fourth-order valence-corrected chi connectivity index (χ4v) is 1.46. The normalized spacial score (nSPS) is 28.0. The number of ether oxygens (including phenoxy) is 1. The number of likely N-dealkylation sites (tertiary alicyclic amines) is 1. The molecule has 0 aliphatic carbocycles. The number of rotatable bonds is 3. The largest absolute Gasteiger partial charge is 0.465 e. The second kappa shape index (κ2) is 4.78. The van der Waals surface area contributed by atoms with Gasteiger partial charge in [0.1, 0.15) is 6.10 Å². The van der Waals surface area contributed by atoms with Crippen molar-refractivity contribution < 1.29 is 19.7 Å². The monoisotopic (exact) mass is 253 g/mol. The van der Waals surface area contributed by atoms with Gasteiger partial charge >= 0.3 is 6.09 Å². The molecule has 0 bridgehead atoms. The van der Waals surface area contributed by atoms with Gasteiger partial charge in [-0.3, -0.25) is 0 Å². The minimum atomic E-state index is -1.01. The summed E-state index contributed by atoms with van der Waals surface area (Å²) in [5.41, 5.74) is 0. The lowest BCUT2D eigenvalue weighted by molar-refractivity contribution is -0.000876. The molecule has 2 unspecified atom stereocenters. The van der Waals surface area contributed by atoms with Crippen LogP contribution in [0.4, 0.5) is 4.79 Å². The minimum Gasteiger partial charge on any atom is -0.465 e. The molecule has 0 aromatic carbocycles. The van der Waals surface area contributed by atoms with Crippen molar-refractivity contribution in [2.45, 2.75) is 12.2 Å². The molecule has 0 radical (unpaired) electrons. The molecule has 0 aromatic rings. The number of hydrogen-bond acceptors (Lipinski definition) is 3. The number of nitrogens with zero attached hydrogens (tertiary/aromatic N) is 1. The van der Waals surface area contributed by atoms with Crippen LogP contribution in [0.2, 0.25) is 0 Å². The van der Waals surface area contributed by atoms with Crippen molar-refractivity contribution in [1.82, 2.24) is 4.90 Å². The number of aliphatic hydroxyl groups excluding tert-OH is 1. The molecule has 5 nitrogen and oxygen atoms in total. The summed E-state index contributed by atoms with van der Waals surface area (Å²) in [6, 6.07) is 0. The summed E-state index contributed by atoms with van der Waals surface area (Å²) < 4.78 is 5.24. The molecule has 6 heteroatoms. The zero-order chi connectivity index (χ0) is 9.84. The van der Waals surface area contributed by atoms with Gasteiger partial charge in [0.25, 0.3) is 0 Å². The predicted octanol–water partition coefficient (Wildman–Crippen LogP) is 0.121. The fraction of sp³-hybridized carbons (Fsp3) is 0.857. The summed E-state index contributed by atoms with van der Waals surface area (Å²) in [5, 5.41) is 18.7. The summed E-state index contributed by atoms with van der Waals surface area (Å²) in [7, 11) is 0. The Hall–Kier alpha value is -0.330. The predicted molar refractivity (Wildman–Crippen MR) is 49.1 cm³/mol. The Morgan fingerprint density at radius 2 is 2.31 bits per heavy atom. The van der Waals surface area contributed by atoms with Gasteiger partial charge < -0.3 is 19.8 Å². The Balaban J connectivity index is 2.37. The van der Waals surface area contributed by atoms with Crippen molar-refractivity contribution in [1.29, 1.82) is 0 Å². The molecule has 2 atom stereocenters. The molecule has 1 amide bonds. The summed E-state index contributed by atoms with van der Waals surface area (Å²) in [6.07, 6.45) is -2.09. The van der Waals surface area contributed by atoms with Crippen LogP contribution in [0, 0.1) is 0 Å². The molecule has 1 fully saturated rings. The first-order valence-corrected chi connectivity index (χ1v) is 5.10. The maximum Gasteiger partial charge on any atom is 0.407 e. The van der Waals surface area contributed by atoms with E-state index in [2.05, 4.69) is 15.9 Å². The van der Waals surface area contributed by atoms with Crippen molar-refractivity contribution in [3.63, 3.8) is 0 Å². The van der Waals surface area contributed by atoms with Gasteiger partial charge in [0, 0.05) is 5.33 Å². The van der Waals surface area contributed by atoms with Gasteiger partial charge in [-0.25, -0.2) is 4.79 Å². The van der Waals surface area contributed by atoms with E-state index in [9.17, 15) is 9.90 Å². The van der Waals surface area contributed by atoms with Crippen LogP contribution in [0.1, 0.15) is 0 Å². The third-order valence-electron chi connectivity index (χ3n) is 1.92. The number of alkyl halides is 1. The molecule has 2 N–H and O–H groups in total. The molecule has 1 aliphatic heterocycles. The number of carboxylic acid groups (broad SMARTS) is 1. The molecule has 1 saturated heterocycles. The van der Waals surface area contributed by atoms with Crippen LogP contribution in [0.3, 0.4) is 0 Å². The summed E-state index contributed by atoms with van der Waals surface area (Å²) in [6.45, 7) is 0.876. The Labute approximate surface area is 84.4 Å². The lowest BCUT2D eigenvalue weighted by Crippen LogP contribution is -2.28. The number of β-amino-alcohol motifs (C(OH)–C–C–N with tert-alkyl or cyclic N) is 1. The van der Waals surface area contributed by atoms with E-state index in [4.69, 9.17) is 9.84 Å². The van der Waals surface area contributed by atoms with E-state index in [0.717, 1.165) is 4.90 Å². The van der Waals surface area contributed by atoms with E-state index in [-0.39, 0.29) is 19.2 Å². The van der Waals surface area contributed by atoms with Crippen molar-refractivity contribution in [3.8, 4) is 0 Å². The zero-order valence-corrected chi connectivity index (χ0v) is 8.61. The Morgan fingerprint density at radius 3 is 2.77 bits per heavy atom. The van der Waals surface area contributed by atoms with Crippen LogP contribution in [-0.4, -0.2) is 58.4 Å². The zero-order valence-electron chi connectivity index (χ0n) is 7.02. The number of aliphatic hydroxyl groups is 1. The molecular formula is C7H12BrNO4. The van der Waals surface area contributed by atoms with Gasteiger partial charge in [-0.1, -0.05) is 15.9 Å². The molecule has 0 aromatic heterocycles. The number of carbonyl (C=O) groups is 1. The average Bonchev–Trinajstić information content (AvgIpc) is 2.44. The molecule has 0 saturated carbocycles. The average molecular weight is 254 g/mol. The van der Waals surface area contributed by atoms with Gasteiger partial charge in [0.2, 0.25) is 0 Å². The fourth-order valence-electron chi connectivity index (χ4n) is 1.27. The standard InChI is InChI=1S/C7H12BrNO4/c8-1-2-13-6-4-9(7(11)12)3-5(6)10/h5-6,10H,1-4H2,(H,11,12). The quantitative estimate of drug-likeness (QED) is 0.702. The Morgan fingerprint density at radius 1 is 1.62 bits per heavy atom. The highest BCUT2D eigenvalue weighted by Crippen LogP contribution is 2.13. The van der Waals surface area contributed by atoms with Crippen molar-refractivity contribution in [2.24, 2.45) is 0 Å². The lowest BCUT2D eigenvalue weighted by Gasteiger charge is -2.13. The highest BCUT2D eigenvalue weighted by molar-refractivity contribution is 9.09. The maximum atomic E-state index is 10.5. The lowest BCUT2D eigenvalue weighted by atomic mass is 10.3. The van der Waals surface area contributed by atoms with Crippen LogP contribution in [0.25, 0.3) is 0 Å². The molecule has 1 rings (SSSR count). The van der Waals surface area contributed by atoms with Crippen molar-refractivity contribution >= 4 is 22.0 Å². The number of amides is 1. The molecule has 76 valence electrons. The first kappa shape index (κ1) is 10.7. The van der Waals surface area contributed by atoms with Gasteiger partial charge in [0.05, 0.1) is 25.8 Å². The summed E-state index contributed by atoms with van der Waals surface area (Å²) in [4.78, 5) is 11.7. The minimum absolute atomic E-state index is 0.141. The number of hydrogen-bond donors (Lipinski definition) is 2. The molecule has 13 heavy (non-hydrogen) atoms. The second-order valence-electron chi connectivity index (χ2n) is 2.85. The maximum absolute atomic E-state index is 10.5. The topological polar surface area (TPSA) is 70.0 Å².